The lowest BCUT2D eigenvalue weighted by molar-refractivity contribution is 0.336. The summed E-state index contributed by atoms with van der Waals surface area (Å²) in [6.45, 7) is 6.33. The average Bonchev–Trinajstić information content (AvgIpc) is 2.67. The molecule has 0 saturated heterocycles. The molecule has 1 aliphatic rings. The lowest BCUT2D eigenvalue weighted by Crippen LogP contribution is -2.11. The topological polar surface area (TPSA) is 15.6 Å². The molecule has 2 heteroatoms. The zero-order valence-corrected chi connectivity index (χ0v) is 8.83. The molecule has 0 atom stereocenters. The van der Waals surface area contributed by atoms with Crippen LogP contribution in [0.3, 0.4) is 0 Å². The van der Waals surface area contributed by atoms with Crippen molar-refractivity contribution in [3.8, 4) is 0 Å². The second kappa shape index (κ2) is 3.82. The monoisotopic (exact) mass is 188 g/mol. The third-order valence-electron chi connectivity index (χ3n) is 2.62. The van der Waals surface area contributed by atoms with Gasteiger partial charge in [-0.2, -0.15) is 5.10 Å². The Labute approximate surface area is 85.2 Å². The Morgan fingerprint density at radius 3 is 2.57 bits per heavy atom. The standard InChI is InChI=1S/C12H16N2/c1-3-14-9-8-12(13-14)11-6-4-10(2)5-7-11/h4-7H,3,8-9H2,1-2H3. The van der Waals surface area contributed by atoms with E-state index < -0.39 is 0 Å². The third kappa shape index (κ3) is 1.79. The number of aryl methyl sites for hydroxylation is 1. The van der Waals surface area contributed by atoms with Crippen LogP contribution in [0.4, 0.5) is 0 Å². The van der Waals surface area contributed by atoms with E-state index in [1.807, 2.05) is 0 Å². The van der Waals surface area contributed by atoms with Crippen molar-refractivity contribution in [3.05, 3.63) is 35.4 Å². The van der Waals surface area contributed by atoms with E-state index in [4.69, 9.17) is 0 Å². The largest absolute Gasteiger partial charge is 0.297 e. The molecule has 2 rings (SSSR count). The van der Waals surface area contributed by atoms with Crippen molar-refractivity contribution < 1.29 is 0 Å². The Balaban J connectivity index is 2.20. The number of hydrogen-bond donors (Lipinski definition) is 0. The molecule has 0 amide bonds. The van der Waals surface area contributed by atoms with E-state index in [-0.39, 0.29) is 0 Å². The van der Waals surface area contributed by atoms with Crippen LogP contribution in [0.1, 0.15) is 24.5 Å². The minimum atomic E-state index is 1.01. The van der Waals surface area contributed by atoms with Crippen molar-refractivity contribution >= 4 is 5.71 Å². The van der Waals surface area contributed by atoms with Gasteiger partial charge in [-0.1, -0.05) is 29.8 Å². The van der Waals surface area contributed by atoms with Gasteiger partial charge in [0.05, 0.1) is 5.71 Å². The van der Waals surface area contributed by atoms with Crippen molar-refractivity contribution in [2.75, 3.05) is 13.1 Å². The molecular formula is C12H16N2. The molecule has 0 saturated carbocycles. The molecule has 1 aliphatic heterocycles. The fraction of sp³-hybridized carbons (Fsp3) is 0.417. The second-order valence-corrected chi connectivity index (χ2v) is 3.71. The Kier molecular flexibility index (Phi) is 2.53. The van der Waals surface area contributed by atoms with Crippen LogP contribution < -0.4 is 0 Å². The lowest BCUT2D eigenvalue weighted by Gasteiger charge is -2.07. The minimum Gasteiger partial charge on any atom is -0.297 e. The molecular weight excluding hydrogens is 172 g/mol. The number of benzene rings is 1. The zero-order valence-electron chi connectivity index (χ0n) is 8.83. The first-order chi connectivity index (χ1) is 6.79. The average molecular weight is 188 g/mol. The van der Waals surface area contributed by atoms with Crippen LogP contribution >= 0.6 is 0 Å². The highest BCUT2D eigenvalue weighted by Crippen LogP contribution is 2.13. The molecule has 0 spiro atoms. The van der Waals surface area contributed by atoms with Gasteiger partial charge in [-0.15, -0.1) is 0 Å². The Hall–Kier alpha value is -1.31. The summed E-state index contributed by atoms with van der Waals surface area (Å²) in [5.74, 6) is 0. The highest BCUT2D eigenvalue weighted by atomic mass is 15.5. The van der Waals surface area contributed by atoms with Crippen LogP contribution in [0, 0.1) is 6.92 Å². The Morgan fingerprint density at radius 2 is 2.00 bits per heavy atom. The Morgan fingerprint density at radius 1 is 1.29 bits per heavy atom. The number of nitrogens with zero attached hydrogens (tertiary/aromatic N) is 2. The van der Waals surface area contributed by atoms with E-state index in [0.717, 1.165) is 19.5 Å². The van der Waals surface area contributed by atoms with Crippen LogP contribution in [0.5, 0.6) is 0 Å². The predicted molar refractivity (Wildman–Crippen MR) is 59.6 cm³/mol. The summed E-state index contributed by atoms with van der Waals surface area (Å²) in [7, 11) is 0. The fourth-order valence-electron chi connectivity index (χ4n) is 1.68. The van der Waals surface area contributed by atoms with Gasteiger partial charge in [-0.05, 0) is 19.4 Å². The zero-order chi connectivity index (χ0) is 9.97. The lowest BCUT2D eigenvalue weighted by atomic mass is 10.1. The SMILES string of the molecule is CCN1CCC(c2ccc(C)cc2)=N1. The van der Waals surface area contributed by atoms with Gasteiger partial charge in [0.25, 0.3) is 0 Å². The summed E-state index contributed by atoms with van der Waals surface area (Å²) < 4.78 is 0. The van der Waals surface area contributed by atoms with Gasteiger partial charge >= 0.3 is 0 Å². The molecule has 1 heterocycles. The summed E-state index contributed by atoms with van der Waals surface area (Å²) in [6.07, 6.45) is 1.08. The normalized spacial score (nSPS) is 15.9. The molecule has 0 fully saturated rings. The second-order valence-electron chi connectivity index (χ2n) is 3.71. The number of hydrazone groups is 1. The molecule has 14 heavy (non-hydrogen) atoms. The van der Waals surface area contributed by atoms with Gasteiger partial charge in [0.2, 0.25) is 0 Å². The quantitative estimate of drug-likeness (QED) is 0.696. The van der Waals surface area contributed by atoms with Crippen LogP contribution in [-0.2, 0) is 0 Å². The molecule has 1 aromatic carbocycles. The van der Waals surface area contributed by atoms with Crippen molar-refractivity contribution in [2.45, 2.75) is 20.3 Å². The van der Waals surface area contributed by atoms with E-state index in [0.29, 0.717) is 0 Å². The van der Waals surface area contributed by atoms with E-state index in [1.54, 1.807) is 0 Å². The van der Waals surface area contributed by atoms with Crippen molar-refractivity contribution in [1.29, 1.82) is 0 Å². The molecule has 0 unspecified atom stereocenters. The van der Waals surface area contributed by atoms with E-state index in [1.165, 1.54) is 16.8 Å². The van der Waals surface area contributed by atoms with Crippen LogP contribution in [0.2, 0.25) is 0 Å². The highest BCUT2D eigenvalue weighted by molar-refractivity contribution is 6.01. The first kappa shape index (κ1) is 9.25. The molecule has 0 bridgehead atoms. The first-order valence-corrected chi connectivity index (χ1v) is 5.19. The smallest absolute Gasteiger partial charge is 0.0695 e. The molecule has 2 nitrogen and oxygen atoms in total. The first-order valence-electron chi connectivity index (χ1n) is 5.19. The number of rotatable bonds is 2. The van der Waals surface area contributed by atoms with Gasteiger partial charge in [0, 0.05) is 19.5 Å². The van der Waals surface area contributed by atoms with E-state index in [9.17, 15) is 0 Å². The van der Waals surface area contributed by atoms with Crippen molar-refractivity contribution in [3.63, 3.8) is 0 Å². The summed E-state index contributed by atoms with van der Waals surface area (Å²) in [5.41, 5.74) is 3.80. The molecule has 1 aromatic rings. The van der Waals surface area contributed by atoms with Crippen LogP contribution in [-0.4, -0.2) is 23.8 Å². The molecule has 74 valence electrons. The van der Waals surface area contributed by atoms with Gasteiger partial charge in [-0.25, -0.2) is 0 Å². The maximum atomic E-state index is 4.56. The summed E-state index contributed by atoms with van der Waals surface area (Å²) in [6, 6.07) is 8.61. The van der Waals surface area contributed by atoms with Crippen molar-refractivity contribution in [1.82, 2.24) is 5.01 Å². The van der Waals surface area contributed by atoms with Gasteiger partial charge in [-0.3, -0.25) is 5.01 Å². The summed E-state index contributed by atoms with van der Waals surface area (Å²) in [5, 5.41) is 6.68. The van der Waals surface area contributed by atoms with Gasteiger partial charge in [0.1, 0.15) is 0 Å². The summed E-state index contributed by atoms with van der Waals surface area (Å²) >= 11 is 0. The van der Waals surface area contributed by atoms with Gasteiger partial charge < -0.3 is 0 Å². The molecule has 0 N–H and O–H groups in total. The van der Waals surface area contributed by atoms with Crippen molar-refractivity contribution in [2.24, 2.45) is 5.10 Å². The Bertz CT molecular complexity index is 338. The maximum Gasteiger partial charge on any atom is 0.0695 e. The summed E-state index contributed by atoms with van der Waals surface area (Å²) in [4.78, 5) is 0. The molecule has 0 radical (unpaired) electrons. The fourth-order valence-corrected chi connectivity index (χ4v) is 1.68. The van der Waals surface area contributed by atoms with Crippen LogP contribution in [0.25, 0.3) is 0 Å². The maximum absolute atomic E-state index is 4.56. The van der Waals surface area contributed by atoms with E-state index in [2.05, 4.69) is 48.2 Å². The van der Waals surface area contributed by atoms with Gasteiger partial charge in [0.15, 0.2) is 0 Å². The van der Waals surface area contributed by atoms with E-state index >= 15 is 0 Å². The predicted octanol–water partition coefficient (Wildman–Crippen LogP) is 2.42. The molecule has 0 aromatic heterocycles. The third-order valence-corrected chi connectivity index (χ3v) is 2.62. The van der Waals surface area contributed by atoms with Crippen LogP contribution in [0.15, 0.2) is 29.4 Å². The minimum absolute atomic E-state index is 1.01. The molecule has 0 aliphatic carbocycles. The highest BCUT2D eigenvalue weighted by Gasteiger charge is 2.13. The number of hydrogen-bond acceptors (Lipinski definition) is 2.